The van der Waals surface area contributed by atoms with Crippen LogP contribution in [0.2, 0.25) is 0 Å². The lowest BCUT2D eigenvalue weighted by Crippen LogP contribution is -2.36. The molecule has 1 saturated heterocycles. The van der Waals surface area contributed by atoms with Crippen molar-refractivity contribution in [2.24, 2.45) is 0 Å². The summed E-state index contributed by atoms with van der Waals surface area (Å²) in [5, 5.41) is 0. The van der Waals surface area contributed by atoms with Gasteiger partial charge in [0.2, 0.25) is 0 Å². The van der Waals surface area contributed by atoms with E-state index in [1.807, 2.05) is 0 Å². The standard InChI is InChI=1S/C9H12O2/c1-4-9(10-3)6-5-7-11-8(9)2/h1H,2,5-7H2,3H3. The quantitative estimate of drug-likeness (QED) is 0.528. The monoisotopic (exact) mass is 152 g/mol. The molecule has 1 fully saturated rings. The summed E-state index contributed by atoms with van der Waals surface area (Å²) in [5.74, 6) is 3.13. The molecule has 0 aliphatic carbocycles. The van der Waals surface area contributed by atoms with Crippen LogP contribution < -0.4 is 0 Å². The zero-order chi connectivity index (χ0) is 8.32. The molecule has 0 saturated carbocycles. The number of hydrogen-bond donors (Lipinski definition) is 0. The van der Waals surface area contributed by atoms with Crippen molar-refractivity contribution in [1.82, 2.24) is 0 Å². The molecule has 1 unspecified atom stereocenters. The van der Waals surface area contributed by atoms with Crippen LogP contribution in [0.3, 0.4) is 0 Å². The van der Waals surface area contributed by atoms with Crippen molar-refractivity contribution in [1.29, 1.82) is 0 Å². The molecule has 0 aromatic rings. The molecule has 1 aliphatic rings. The van der Waals surface area contributed by atoms with E-state index in [4.69, 9.17) is 15.9 Å². The van der Waals surface area contributed by atoms with Crippen molar-refractivity contribution in [3.63, 3.8) is 0 Å². The van der Waals surface area contributed by atoms with Crippen LogP contribution in [0.25, 0.3) is 0 Å². The molecule has 1 heterocycles. The maximum atomic E-state index is 5.32. The van der Waals surface area contributed by atoms with Crippen LogP contribution in [0, 0.1) is 12.3 Å². The van der Waals surface area contributed by atoms with Gasteiger partial charge in [-0.25, -0.2) is 0 Å². The molecule has 0 radical (unpaired) electrons. The summed E-state index contributed by atoms with van der Waals surface area (Å²) < 4.78 is 10.4. The predicted octanol–water partition coefficient (Wildman–Crippen LogP) is 1.33. The van der Waals surface area contributed by atoms with Crippen LogP contribution in [-0.2, 0) is 9.47 Å². The van der Waals surface area contributed by atoms with E-state index in [0.717, 1.165) is 12.8 Å². The summed E-state index contributed by atoms with van der Waals surface area (Å²) in [7, 11) is 1.58. The highest BCUT2D eigenvalue weighted by Crippen LogP contribution is 2.29. The molecule has 60 valence electrons. The third-order valence-electron chi connectivity index (χ3n) is 1.98. The summed E-state index contributed by atoms with van der Waals surface area (Å²) in [4.78, 5) is 0. The van der Waals surface area contributed by atoms with Gasteiger partial charge in [-0.15, -0.1) is 6.42 Å². The molecule has 2 heteroatoms. The Morgan fingerprint density at radius 1 is 1.82 bits per heavy atom. The third kappa shape index (κ3) is 1.24. The lowest BCUT2D eigenvalue weighted by molar-refractivity contribution is -0.0209. The molecule has 0 N–H and O–H groups in total. The first-order valence-electron chi connectivity index (χ1n) is 3.60. The van der Waals surface area contributed by atoms with Crippen molar-refractivity contribution in [2.75, 3.05) is 13.7 Å². The molecule has 0 spiro atoms. The van der Waals surface area contributed by atoms with Crippen LogP contribution in [-0.4, -0.2) is 19.3 Å². The minimum absolute atomic E-state index is 0.564. The summed E-state index contributed by atoms with van der Waals surface area (Å²) in [5.41, 5.74) is -0.668. The number of ether oxygens (including phenoxy) is 2. The van der Waals surface area contributed by atoms with Gasteiger partial charge in [-0.3, -0.25) is 0 Å². The molecule has 11 heavy (non-hydrogen) atoms. The second-order valence-electron chi connectivity index (χ2n) is 2.55. The zero-order valence-electron chi connectivity index (χ0n) is 6.72. The number of terminal acetylenes is 1. The van der Waals surface area contributed by atoms with Gasteiger partial charge in [0.15, 0.2) is 5.60 Å². The highest BCUT2D eigenvalue weighted by molar-refractivity contribution is 5.24. The smallest absolute Gasteiger partial charge is 0.184 e. The third-order valence-corrected chi connectivity index (χ3v) is 1.98. The fourth-order valence-corrected chi connectivity index (χ4v) is 1.20. The molecule has 2 nitrogen and oxygen atoms in total. The topological polar surface area (TPSA) is 18.5 Å². The molecule has 0 aromatic carbocycles. The Hall–Kier alpha value is -0.940. The van der Waals surface area contributed by atoms with E-state index in [1.54, 1.807) is 7.11 Å². The fourth-order valence-electron chi connectivity index (χ4n) is 1.20. The van der Waals surface area contributed by atoms with Gasteiger partial charge in [0.25, 0.3) is 0 Å². The van der Waals surface area contributed by atoms with Crippen molar-refractivity contribution < 1.29 is 9.47 Å². The zero-order valence-corrected chi connectivity index (χ0v) is 6.72. The maximum Gasteiger partial charge on any atom is 0.184 e. The predicted molar refractivity (Wildman–Crippen MR) is 42.9 cm³/mol. The van der Waals surface area contributed by atoms with Crippen LogP contribution in [0.1, 0.15) is 12.8 Å². The summed E-state index contributed by atoms with van der Waals surface area (Å²) in [6.45, 7) is 4.42. The Morgan fingerprint density at radius 3 is 2.91 bits per heavy atom. The lowest BCUT2D eigenvalue weighted by atomic mass is 9.94. The van der Waals surface area contributed by atoms with Gasteiger partial charge >= 0.3 is 0 Å². The first-order chi connectivity index (χ1) is 5.25. The maximum absolute atomic E-state index is 5.32. The van der Waals surface area contributed by atoms with Crippen molar-refractivity contribution in [2.45, 2.75) is 18.4 Å². The average Bonchev–Trinajstić information content (AvgIpc) is 2.06. The lowest BCUT2D eigenvalue weighted by Gasteiger charge is -2.32. The van der Waals surface area contributed by atoms with Crippen molar-refractivity contribution in [3.05, 3.63) is 12.3 Å². The minimum atomic E-state index is -0.668. The fraction of sp³-hybridized carbons (Fsp3) is 0.556. The van der Waals surface area contributed by atoms with E-state index in [2.05, 4.69) is 12.5 Å². The van der Waals surface area contributed by atoms with Crippen LogP contribution in [0.15, 0.2) is 12.3 Å². The van der Waals surface area contributed by atoms with Crippen LogP contribution >= 0.6 is 0 Å². The first kappa shape index (κ1) is 8.16. The highest BCUT2D eigenvalue weighted by Gasteiger charge is 2.35. The number of methoxy groups -OCH3 is 1. The van der Waals surface area contributed by atoms with Crippen LogP contribution in [0.5, 0.6) is 0 Å². The summed E-state index contributed by atoms with van der Waals surface area (Å²) in [6.07, 6.45) is 7.06. The second kappa shape index (κ2) is 2.98. The SMILES string of the molecule is C#CC1(OC)CCCOC1=C. The Bertz CT molecular complexity index is 202. The van der Waals surface area contributed by atoms with Crippen LogP contribution in [0.4, 0.5) is 0 Å². The Labute approximate surface area is 67.2 Å². The Kier molecular flexibility index (Phi) is 2.21. The van der Waals surface area contributed by atoms with Crippen molar-refractivity contribution >= 4 is 0 Å². The largest absolute Gasteiger partial charge is 0.494 e. The van der Waals surface area contributed by atoms with Gasteiger partial charge in [0.1, 0.15) is 5.76 Å². The average molecular weight is 152 g/mol. The van der Waals surface area contributed by atoms with Gasteiger partial charge in [-0.05, 0) is 12.8 Å². The molecular formula is C9H12O2. The summed E-state index contributed by atoms with van der Waals surface area (Å²) >= 11 is 0. The minimum Gasteiger partial charge on any atom is -0.494 e. The number of rotatable bonds is 1. The Morgan fingerprint density at radius 2 is 2.55 bits per heavy atom. The van der Waals surface area contributed by atoms with Gasteiger partial charge < -0.3 is 9.47 Å². The molecule has 0 amide bonds. The highest BCUT2D eigenvalue weighted by atomic mass is 16.5. The Balaban J connectivity index is 2.80. The molecule has 1 rings (SSSR count). The van der Waals surface area contributed by atoms with Gasteiger partial charge in [-0.1, -0.05) is 12.5 Å². The van der Waals surface area contributed by atoms with E-state index in [9.17, 15) is 0 Å². The summed E-state index contributed by atoms with van der Waals surface area (Å²) in [6, 6.07) is 0. The number of hydrogen-bond acceptors (Lipinski definition) is 2. The van der Waals surface area contributed by atoms with Gasteiger partial charge in [0.05, 0.1) is 6.61 Å². The van der Waals surface area contributed by atoms with Gasteiger partial charge in [-0.2, -0.15) is 0 Å². The molecule has 0 aromatic heterocycles. The van der Waals surface area contributed by atoms with Crippen molar-refractivity contribution in [3.8, 4) is 12.3 Å². The van der Waals surface area contributed by atoms with E-state index in [-0.39, 0.29) is 0 Å². The second-order valence-corrected chi connectivity index (χ2v) is 2.55. The molecule has 0 bridgehead atoms. The van der Waals surface area contributed by atoms with E-state index < -0.39 is 5.60 Å². The van der Waals surface area contributed by atoms with E-state index >= 15 is 0 Å². The molecule has 1 aliphatic heterocycles. The molecule has 1 atom stereocenters. The van der Waals surface area contributed by atoms with E-state index in [1.165, 1.54) is 0 Å². The van der Waals surface area contributed by atoms with E-state index in [0.29, 0.717) is 12.4 Å². The van der Waals surface area contributed by atoms with Gasteiger partial charge in [0, 0.05) is 7.11 Å². The normalized spacial score (nSPS) is 30.7. The molecular weight excluding hydrogens is 140 g/mol. The first-order valence-corrected chi connectivity index (χ1v) is 3.60.